The first-order chi connectivity index (χ1) is 9.60. The third-order valence-corrected chi connectivity index (χ3v) is 3.50. The molecule has 4 N–H and O–H groups in total. The van der Waals surface area contributed by atoms with Crippen molar-refractivity contribution in [1.29, 1.82) is 0 Å². The van der Waals surface area contributed by atoms with Crippen molar-refractivity contribution < 1.29 is 19.1 Å². The molecule has 0 aromatic heterocycles. The molecule has 6 nitrogen and oxygen atoms in total. The van der Waals surface area contributed by atoms with Crippen LogP contribution in [0.15, 0.2) is 29.4 Å². The molecular formula is C13H16FN3O3. The third kappa shape index (κ3) is 2.57. The van der Waals surface area contributed by atoms with E-state index >= 15 is 0 Å². The number of nitrogens with two attached hydrogens (primary N) is 1. The van der Waals surface area contributed by atoms with Crippen LogP contribution in [0.1, 0.15) is 12.8 Å². The van der Waals surface area contributed by atoms with Gasteiger partial charge in [0.2, 0.25) is 5.91 Å². The smallest absolute Gasteiger partial charge is 0.238 e. The lowest BCUT2D eigenvalue weighted by Crippen LogP contribution is -2.50. The average Bonchev–Trinajstić information content (AvgIpc) is 2.49. The molecule has 20 heavy (non-hydrogen) atoms. The molecule has 0 bridgehead atoms. The predicted molar refractivity (Wildman–Crippen MR) is 70.9 cm³/mol. The lowest BCUT2D eigenvalue weighted by Gasteiger charge is -2.34. The molecule has 1 heterocycles. The second kappa shape index (κ2) is 5.87. The molecule has 0 aliphatic carbocycles. The number of carbonyl (C=O) groups is 1. The number of hydrogen-bond acceptors (Lipinski definition) is 4. The number of para-hydroxylation sites is 1. The molecule has 108 valence electrons. The Morgan fingerprint density at radius 1 is 1.40 bits per heavy atom. The van der Waals surface area contributed by atoms with Crippen LogP contribution in [0.25, 0.3) is 0 Å². The fourth-order valence-electron chi connectivity index (χ4n) is 2.22. The second-order valence-corrected chi connectivity index (χ2v) is 4.61. The summed E-state index contributed by atoms with van der Waals surface area (Å²) in [5, 5.41) is 14.3. The standard InChI is InChI=1S/C13H16FN3O3/c14-9-3-1-2-4-10(9)16-12(18)13(11(15)17-19)5-7-20-8-6-13/h1-4,19H,5-8H2,(H2,15,17)(H,16,18). The Labute approximate surface area is 115 Å². The van der Waals surface area contributed by atoms with Crippen molar-refractivity contribution in [3.63, 3.8) is 0 Å². The van der Waals surface area contributed by atoms with E-state index in [1.54, 1.807) is 6.07 Å². The zero-order valence-corrected chi connectivity index (χ0v) is 10.8. The number of amidine groups is 1. The molecule has 0 spiro atoms. The largest absolute Gasteiger partial charge is 0.409 e. The van der Waals surface area contributed by atoms with Crippen LogP contribution in [0.4, 0.5) is 10.1 Å². The van der Waals surface area contributed by atoms with Crippen molar-refractivity contribution >= 4 is 17.4 Å². The van der Waals surface area contributed by atoms with Crippen LogP contribution in [0.5, 0.6) is 0 Å². The Morgan fingerprint density at radius 2 is 2.05 bits per heavy atom. The molecular weight excluding hydrogens is 265 g/mol. The van der Waals surface area contributed by atoms with Gasteiger partial charge in [0.15, 0.2) is 5.84 Å². The van der Waals surface area contributed by atoms with Gasteiger partial charge in [0, 0.05) is 13.2 Å². The van der Waals surface area contributed by atoms with Crippen LogP contribution in [0.3, 0.4) is 0 Å². The molecule has 1 aromatic carbocycles. The predicted octanol–water partition coefficient (Wildman–Crippen LogP) is 1.31. The van der Waals surface area contributed by atoms with E-state index in [4.69, 9.17) is 15.7 Å². The Hall–Kier alpha value is -2.15. The molecule has 0 unspecified atom stereocenters. The summed E-state index contributed by atoms with van der Waals surface area (Å²) in [6.45, 7) is 0.641. The minimum absolute atomic E-state index is 0.0640. The number of nitrogens with zero attached hydrogens (tertiary/aromatic N) is 1. The SMILES string of the molecule is NC(=NO)C1(C(=O)Nc2ccccc2F)CCOCC1. The van der Waals surface area contributed by atoms with Crippen molar-refractivity contribution in [2.24, 2.45) is 16.3 Å². The van der Waals surface area contributed by atoms with Gasteiger partial charge in [0.05, 0.1) is 5.69 Å². The van der Waals surface area contributed by atoms with Gasteiger partial charge < -0.3 is 21.0 Å². The zero-order chi connectivity index (χ0) is 14.6. The highest BCUT2D eigenvalue weighted by Crippen LogP contribution is 2.32. The maximum absolute atomic E-state index is 13.6. The minimum Gasteiger partial charge on any atom is -0.409 e. The van der Waals surface area contributed by atoms with Gasteiger partial charge >= 0.3 is 0 Å². The van der Waals surface area contributed by atoms with E-state index in [-0.39, 0.29) is 24.4 Å². The van der Waals surface area contributed by atoms with E-state index in [2.05, 4.69) is 10.5 Å². The van der Waals surface area contributed by atoms with Crippen molar-refractivity contribution in [2.75, 3.05) is 18.5 Å². The summed E-state index contributed by atoms with van der Waals surface area (Å²) >= 11 is 0. The average molecular weight is 281 g/mol. The van der Waals surface area contributed by atoms with Gasteiger partial charge in [-0.3, -0.25) is 4.79 Å². The Bertz CT molecular complexity index is 527. The van der Waals surface area contributed by atoms with Crippen LogP contribution in [0, 0.1) is 11.2 Å². The van der Waals surface area contributed by atoms with Gasteiger partial charge in [-0.1, -0.05) is 17.3 Å². The molecule has 1 aromatic rings. The molecule has 0 saturated carbocycles. The third-order valence-electron chi connectivity index (χ3n) is 3.50. The van der Waals surface area contributed by atoms with Gasteiger partial charge in [-0.05, 0) is 25.0 Å². The van der Waals surface area contributed by atoms with E-state index in [1.165, 1.54) is 18.2 Å². The first kappa shape index (κ1) is 14.3. The molecule has 0 atom stereocenters. The number of ether oxygens (including phenoxy) is 1. The number of benzene rings is 1. The topological polar surface area (TPSA) is 96.9 Å². The molecule has 1 saturated heterocycles. The molecule has 7 heteroatoms. The molecule has 0 radical (unpaired) electrons. The summed E-state index contributed by atoms with van der Waals surface area (Å²) < 4.78 is 18.8. The molecule has 1 aliphatic rings. The van der Waals surface area contributed by atoms with E-state index < -0.39 is 17.1 Å². The first-order valence-corrected chi connectivity index (χ1v) is 6.22. The maximum Gasteiger partial charge on any atom is 0.238 e. The number of carbonyl (C=O) groups excluding carboxylic acids is 1. The van der Waals surface area contributed by atoms with Crippen molar-refractivity contribution in [3.8, 4) is 0 Å². The summed E-state index contributed by atoms with van der Waals surface area (Å²) in [6.07, 6.45) is 0.562. The van der Waals surface area contributed by atoms with Crippen LogP contribution >= 0.6 is 0 Å². The Kier molecular flexibility index (Phi) is 4.19. The van der Waals surface area contributed by atoms with Crippen LogP contribution in [0.2, 0.25) is 0 Å². The number of nitrogens with one attached hydrogen (secondary N) is 1. The molecule has 1 fully saturated rings. The van der Waals surface area contributed by atoms with Gasteiger partial charge in [-0.25, -0.2) is 4.39 Å². The van der Waals surface area contributed by atoms with Crippen LogP contribution in [-0.4, -0.2) is 30.2 Å². The monoisotopic (exact) mass is 281 g/mol. The lowest BCUT2D eigenvalue weighted by atomic mass is 9.78. The van der Waals surface area contributed by atoms with E-state index in [0.29, 0.717) is 13.2 Å². The van der Waals surface area contributed by atoms with Gasteiger partial charge in [0.1, 0.15) is 11.2 Å². The number of hydrogen-bond donors (Lipinski definition) is 3. The summed E-state index contributed by atoms with van der Waals surface area (Å²) in [5.41, 5.74) is 4.56. The number of rotatable bonds is 3. The molecule has 1 amide bonds. The number of oxime groups is 1. The maximum atomic E-state index is 13.6. The van der Waals surface area contributed by atoms with Gasteiger partial charge in [-0.2, -0.15) is 0 Å². The lowest BCUT2D eigenvalue weighted by molar-refractivity contribution is -0.126. The van der Waals surface area contributed by atoms with Crippen molar-refractivity contribution in [1.82, 2.24) is 0 Å². The van der Waals surface area contributed by atoms with Crippen LogP contribution in [-0.2, 0) is 9.53 Å². The summed E-state index contributed by atoms with van der Waals surface area (Å²) in [5.74, 6) is -1.22. The van der Waals surface area contributed by atoms with Crippen LogP contribution < -0.4 is 11.1 Å². The van der Waals surface area contributed by atoms with Gasteiger partial charge in [0.25, 0.3) is 0 Å². The number of anilines is 1. The highest BCUT2D eigenvalue weighted by molar-refractivity contribution is 6.12. The van der Waals surface area contributed by atoms with E-state index in [0.717, 1.165) is 0 Å². The quantitative estimate of drug-likeness (QED) is 0.337. The minimum atomic E-state index is -1.17. The molecule has 1 aliphatic heterocycles. The number of amides is 1. The Balaban J connectivity index is 2.26. The summed E-state index contributed by atoms with van der Waals surface area (Å²) in [7, 11) is 0. The first-order valence-electron chi connectivity index (χ1n) is 6.22. The summed E-state index contributed by atoms with van der Waals surface area (Å²) in [6, 6.07) is 5.83. The second-order valence-electron chi connectivity index (χ2n) is 4.61. The fraction of sp³-hybridized carbons (Fsp3) is 0.385. The summed E-state index contributed by atoms with van der Waals surface area (Å²) in [4.78, 5) is 12.4. The zero-order valence-electron chi connectivity index (χ0n) is 10.8. The van der Waals surface area contributed by atoms with E-state index in [1.807, 2.05) is 0 Å². The van der Waals surface area contributed by atoms with Gasteiger partial charge in [-0.15, -0.1) is 0 Å². The van der Waals surface area contributed by atoms with E-state index in [9.17, 15) is 9.18 Å². The fourth-order valence-corrected chi connectivity index (χ4v) is 2.22. The molecule has 2 rings (SSSR count). The highest BCUT2D eigenvalue weighted by Gasteiger charge is 2.44. The number of halogens is 1. The Morgan fingerprint density at radius 3 is 2.65 bits per heavy atom. The normalized spacial score (nSPS) is 18.6. The highest BCUT2D eigenvalue weighted by atomic mass is 19.1. The van der Waals surface area contributed by atoms with Crippen molar-refractivity contribution in [3.05, 3.63) is 30.1 Å². The van der Waals surface area contributed by atoms with Crippen molar-refractivity contribution in [2.45, 2.75) is 12.8 Å².